The maximum atomic E-state index is 12.9. The lowest BCUT2D eigenvalue weighted by molar-refractivity contribution is -0.121. The summed E-state index contributed by atoms with van der Waals surface area (Å²) in [6.07, 6.45) is 0.480. The van der Waals surface area contributed by atoms with Gasteiger partial charge in [-0.2, -0.15) is 10.1 Å². The highest BCUT2D eigenvalue weighted by molar-refractivity contribution is 8.15. The van der Waals surface area contributed by atoms with Crippen LogP contribution in [-0.4, -0.2) is 48.5 Å². The molecule has 43 heavy (non-hydrogen) atoms. The molecular weight excluding hydrogens is 587 g/mol. The summed E-state index contributed by atoms with van der Waals surface area (Å²) in [5, 5.41) is 16.5. The molecule has 0 fully saturated rings. The van der Waals surface area contributed by atoms with Crippen LogP contribution in [0.1, 0.15) is 30.0 Å². The van der Waals surface area contributed by atoms with Gasteiger partial charge in [0.25, 0.3) is 5.91 Å². The minimum Gasteiger partial charge on any atom is -0.497 e. The predicted molar refractivity (Wildman–Crippen MR) is 168 cm³/mol. The number of carbonyl (C=O) groups excluding carboxylic acids is 2. The van der Waals surface area contributed by atoms with Crippen molar-refractivity contribution >= 4 is 60.9 Å². The van der Waals surface area contributed by atoms with Crippen LogP contribution in [0, 0.1) is 0 Å². The summed E-state index contributed by atoms with van der Waals surface area (Å²) in [5.41, 5.74) is 3.23. The number of benzene rings is 4. The van der Waals surface area contributed by atoms with E-state index in [1.54, 1.807) is 12.1 Å². The fraction of sp³-hybridized carbons (Fsp3) is 0.161. The Hall–Kier alpha value is -4.52. The average Bonchev–Trinajstić information content (AvgIpc) is 3.60. The average molecular weight is 614 g/mol. The minimum absolute atomic E-state index is 0.0642. The third-order valence-electron chi connectivity index (χ3n) is 7.26. The van der Waals surface area contributed by atoms with Crippen LogP contribution in [0.4, 0.5) is 5.69 Å². The molecule has 4 aromatic carbocycles. The Morgan fingerprint density at radius 3 is 2.44 bits per heavy atom. The third kappa shape index (κ3) is 6.17. The van der Waals surface area contributed by atoms with Gasteiger partial charge in [0.1, 0.15) is 11.0 Å². The molecule has 2 aliphatic heterocycles. The fourth-order valence-corrected chi connectivity index (χ4v) is 6.61. The first kappa shape index (κ1) is 28.6. The molecule has 0 bridgehead atoms. The number of primary sulfonamides is 1. The van der Waals surface area contributed by atoms with Crippen molar-refractivity contribution in [3.05, 3.63) is 102 Å². The molecule has 0 aromatic heterocycles. The van der Waals surface area contributed by atoms with Crippen molar-refractivity contribution < 1.29 is 22.7 Å². The van der Waals surface area contributed by atoms with Crippen molar-refractivity contribution in [3.8, 4) is 5.75 Å². The number of amides is 2. The number of methoxy groups -OCH3 is 1. The summed E-state index contributed by atoms with van der Waals surface area (Å²) in [7, 11) is -2.23. The molecule has 0 saturated heterocycles. The van der Waals surface area contributed by atoms with E-state index in [1.165, 1.54) is 36.0 Å². The van der Waals surface area contributed by atoms with Gasteiger partial charge in [0, 0.05) is 18.5 Å². The largest absolute Gasteiger partial charge is 0.497 e. The van der Waals surface area contributed by atoms with Crippen molar-refractivity contribution in [1.29, 1.82) is 0 Å². The Kier molecular flexibility index (Phi) is 7.74. The zero-order valence-corrected chi connectivity index (χ0v) is 24.6. The number of carbonyl (C=O) groups is 2. The molecule has 4 aromatic rings. The number of hydrogen-bond donors (Lipinski definition) is 2. The molecule has 0 aliphatic carbocycles. The standard InChI is InChI=1S/C31H27N5O5S2/c1-41-24-12-8-20(9-13-24)27-17-26(22-7-6-19-4-2-3-5-21(19)16-22)35-36(27)31-34-30(38)28(42-31)18-29(37)33-23-10-14-25(15-11-23)43(32,39)40/h2-16,27-28H,17-18H2,1H3,(H,33,37)(H2,32,39,40). The van der Waals surface area contributed by atoms with Crippen LogP contribution in [0.25, 0.3) is 10.8 Å². The van der Waals surface area contributed by atoms with E-state index in [9.17, 15) is 18.0 Å². The molecule has 2 amide bonds. The highest BCUT2D eigenvalue weighted by Gasteiger charge is 2.39. The van der Waals surface area contributed by atoms with Gasteiger partial charge in [0.05, 0.1) is 23.8 Å². The van der Waals surface area contributed by atoms with Gasteiger partial charge in [-0.15, -0.1) is 0 Å². The lowest BCUT2D eigenvalue weighted by Gasteiger charge is -2.23. The molecule has 0 spiro atoms. The van der Waals surface area contributed by atoms with E-state index in [2.05, 4.69) is 34.6 Å². The molecule has 10 nitrogen and oxygen atoms in total. The second-order valence-corrected chi connectivity index (χ2v) is 12.8. The molecule has 2 heterocycles. The maximum absolute atomic E-state index is 12.9. The number of rotatable bonds is 7. The van der Waals surface area contributed by atoms with Crippen LogP contribution in [0.15, 0.2) is 106 Å². The predicted octanol–water partition coefficient (Wildman–Crippen LogP) is 4.67. The van der Waals surface area contributed by atoms with E-state index in [0.29, 0.717) is 17.3 Å². The second-order valence-electron chi connectivity index (χ2n) is 10.1. The number of sulfonamides is 1. The van der Waals surface area contributed by atoms with E-state index in [-0.39, 0.29) is 17.4 Å². The normalized spacial score (nSPS) is 18.5. The van der Waals surface area contributed by atoms with Crippen LogP contribution in [0.2, 0.25) is 0 Å². The number of hydrazone groups is 1. The molecule has 0 radical (unpaired) electrons. The molecule has 2 atom stereocenters. The quantitative estimate of drug-likeness (QED) is 0.308. The summed E-state index contributed by atoms with van der Waals surface area (Å²) < 4.78 is 28.3. The zero-order valence-electron chi connectivity index (χ0n) is 23.0. The fourth-order valence-electron chi connectivity index (χ4n) is 5.03. The number of amidine groups is 1. The molecule has 12 heteroatoms. The van der Waals surface area contributed by atoms with Gasteiger partial charge in [-0.25, -0.2) is 18.6 Å². The Labute approximate surface area is 252 Å². The summed E-state index contributed by atoms with van der Waals surface area (Å²) >= 11 is 1.20. The number of nitrogens with two attached hydrogens (primary N) is 1. The van der Waals surface area contributed by atoms with Crippen molar-refractivity contribution in [3.63, 3.8) is 0 Å². The first-order chi connectivity index (χ1) is 20.7. The SMILES string of the molecule is COc1ccc(C2CC(c3ccc4ccccc4c3)=NN2C2=NC(=O)C(CC(=O)Nc3ccc(S(N)(=O)=O)cc3)S2)cc1. The molecule has 3 N–H and O–H groups in total. The lowest BCUT2D eigenvalue weighted by Crippen LogP contribution is -2.25. The summed E-state index contributed by atoms with van der Waals surface area (Å²) in [4.78, 5) is 30.0. The molecule has 218 valence electrons. The number of fused-ring (bicyclic) bond motifs is 1. The van der Waals surface area contributed by atoms with Gasteiger partial charge in [-0.3, -0.25) is 9.59 Å². The summed E-state index contributed by atoms with van der Waals surface area (Å²) in [6.45, 7) is 0. The lowest BCUT2D eigenvalue weighted by atomic mass is 9.97. The number of thioether (sulfide) groups is 1. The molecule has 6 rings (SSSR count). The number of nitrogens with one attached hydrogen (secondary N) is 1. The van der Waals surface area contributed by atoms with E-state index in [4.69, 9.17) is 15.0 Å². The number of ether oxygens (including phenoxy) is 1. The smallest absolute Gasteiger partial charge is 0.262 e. The van der Waals surface area contributed by atoms with Gasteiger partial charge >= 0.3 is 0 Å². The molecule has 0 saturated carbocycles. The number of nitrogens with zero attached hydrogens (tertiary/aromatic N) is 3. The van der Waals surface area contributed by atoms with Crippen molar-refractivity contribution in [2.75, 3.05) is 12.4 Å². The highest BCUT2D eigenvalue weighted by atomic mass is 32.2. The number of aliphatic imine (C=N–C) groups is 1. The van der Waals surface area contributed by atoms with Crippen LogP contribution >= 0.6 is 11.8 Å². The zero-order chi connectivity index (χ0) is 30.1. The Bertz CT molecular complexity index is 1890. The van der Waals surface area contributed by atoms with Crippen molar-refractivity contribution in [1.82, 2.24) is 5.01 Å². The second kappa shape index (κ2) is 11.6. The van der Waals surface area contributed by atoms with Crippen LogP contribution in [0.5, 0.6) is 5.75 Å². The van der Waals surface area contributed by atoms with Crippen LogP contribution < -0.4 is 15.2 Å². The maximum Gasteiger partial charge on any atom is 0.262 e. The van der Waals surface area contributed by atoms with Gasteiger partial charge in [-0.05, 0) is 64.4 Å². The van der Waals surface area contributed by atoms with Crippen molar-refractivity contribution in [2.24, 2.45) is 15.2 Å². The van der Waals surface area contributed by atoms with E-state index in [0.717, 1.165) is 33.4 Å². The van der Waals surface area contributed by atoms with Gasteiger partial charge in [-0.1, -0.05) is 60.3 Å². The first-order valence-electron chi connectivity index (χ1n) is 13.4. The number of anilines is 1. The molecule has 2 unspecified atom stereocenters. The molecular formula is C31H27N5O5S2. The van der Waals surface area contributed by atoms with Gasteiger partial charge in [0.15, 0.2) is 5.17 Å². The highest BCUT2D eigenvalue weighted by Crippen LogP contribution is 2.39. The first-order valence-corrected chi connectivity index (χ1v) is 15.8. The Balaban J connectivity index is 1.21. The van der Waals surface area contributed by atoms with E-state index >= 15 is 0 Å². The van der Waals surface area contributed by atoms with Gasteiger partial charge < -0.3 is 10.1 Å². The van der Waals surface area contributed by atoms with E-state index < -0.39 is 27.1 Å². The van der Waals surface area contributed by atoms with Crippen molar-refractivity contribution in [2.45, 2.75) is 29.0 Å². The summed E-state index contributed by atoms with van der Waals surface area (Å²) in [5.74, 6) is -0.0845. The Morgan fingerprint density at radius 2 is 1.74 bits per heavy atom. The van der Waals surface area contributed by atoms with E-state index in [1.807, 2.05) is 42.5 Å². The van der Waals surface area contributed by atoms with Gasteiger partial charge in [0.2, 0.25) is 15.9 Å². The minimum atomic E-state index is -3.85. The monoisotopic (exact) mass is 613 g/mol. The third-order valence-corrected chi connectivity index (χ3v) is 9.33. The topological polar surface area (TPSA) is 144 Å². The van der Waals surface area contributed by atoms with Crippen LogP contribution in [0.3, 0.4) is 0 Å². The molecule has 2 aliphatic rings. The summed E-state index contributed by atoms with van der Waals surface area (Å²) in [6, 6.07) is 27.4. The Morgan fingerprint density at radius 1 is 1.02 bits per heavy atom. The number of hydrogen-bond acceptors (Lipinski definition) is 8. The van der Waals surface area contributed by atoms with Crippen LogP contribution in [-0.2, 0) is 19.6 Å².